The average Bonchev–Trinajstić information content (AvgIpc) is 2.18. The summed E-state index contributed by atoms with van der Waals surface area (Å²) in [6, 6.07) is 0. The second-order valence-corrected chi connectivity index (χ2v) is 5.57. The van der Waals surface area contributed by atoms with Gasteiger partial charge in [-0.15, -0.1) is 0 Å². The Kier molecular flexibility index (Phi) is 4.77. The molecule has 0 bridgehead atoms. The van der Waals surface area contributed by atoms with Crippen LogP contribution in [0.1, 0.15) is 33.1 Å². The van der Waals surface area contributed by atoms with E-state index in [-0.39, 0.29) is 5.91 Å². The van der Waals surface area contributed by atoms with E-state index in [0.29, 0.717) is 26.1 Å². The maximum absolute atomic E-state index is 12.3. The van der Waals surface area contributed by atoms with Gasteiger partial charge in [0.15, 0.2) is 0 Å². The Hall–Kier alpha value is -0.380. The Morgan fingerprint density at radius 2 is 2.00 bits per heavy atom. The predicted molar refractivity (Wildman–Crippen MR) is 56.6 cm³/mol. The van der Waals surface area contributed by atoms with Crippen LogP contribution in [0.15, 0.2) is 0 Å². The van der Waals surface area contributed by atoms with E-state index in [1.54, 1.807) is 13.8 Å². The van der Waals surface area contributed by atoms with E-state index in [0.717, 1.165) is 6.42 Å². The van der Waals surface area contributed by atoms with E-state index in [2.05, 4.69) is 5.32 Å². The van der Waals surface area contributed by atoms with Crippen LogP contribution in [0.2, 0.25) is 0 Å². The number of hydrogen-bond donors (Lipinski definition) is 1. The van der Waals surface area contributed by atoms with Crippen molar-refractivity contribution in [1.29, 1.82) is 0 Å². The number of rotatable bonds is 5. The normalized spacial score (nSPS) is 22.5. The fraction of sp³-hybridized carbons (Fsp3) is 0.889. The standard InChI is InChI=1S/C9H18NO4P/c1-3-13-15(12,14-4-2)9-7-5-6-8(11)10-9/h9H,3-7H2,1-2H3,(H,10,11). The first-order valence-electron chi connectivity index (χ1n) is 5.30. The van der Waals surface area contributed by atoms with Gasteiger partial charge in [0.25, 0.3) is 0 Å². The van der Waals surface area contributed by atoms with Crippen LogP contribution in [-0.4, -0.2) is 24.9 Å². The highest BCUT2D eigenvalue weighted by atomic mass is 31.2. The molecule has 1 heterocycles. The van der Waals surface area contributed by atoms with Crippen molar-refractivity contribution < 1.29 is 18.4 Å². The second kappa shape index (κ2) is 5.64. The van der Waals surface area contributed by atoms with Crippen molar-refractivity contribution in [3.63, 3.8) is 0 Å². The highest BCUT2D eigenvalue weighted by molar-refractivity contribution is 7.54. The van der Waals surface area contributed by atoms with E-state index in [4.69, 9.17) is 9.05 Å². The molecule has 0 radical (unpaired) electrons. The average molecular weight is 235 g/mol. The van der Waals surface area contributed by atoms with Gasteiger partial charge in [-0.25, -0.2) is 0 Å². The molecule has 0 aromatic heterocycles. The summed E-state index contributed by atoms with van der Waals surface area (Å²) >= 11 is 0. The molecular formula is C9H18NO4P. The van der Waals surface area contributed by atoms with Gasteiger partial charge in [-0.3, -0.25) is 9.36 Å². The third kappa shape index (κ3) is 3.30. The Balaban J connectivity index is 2.69. The number of amides is 1. The van der Waals surface area contributed by atoms with E-state index < -0.39 is 13.4 Å². The largest absolute Gasteiger partial charge is 0.352 e. The SMILES string of the molecule is CCOP(=O)(OCC)C1CCCC(=O)N1. The van der Waals surface area contributed by atoms with Crippen molar-refractivity contribution in [3.8, 4) is 0 Å². The lowest BCUT2D eigenvalue weighted by atomic mass is 10.2. The van der Waals surface area contributed by atoms with Crippen LogP contribution >= 0.6 is 7.60 Å². The van der Waals surface area contributed by atoms with Gasteiger partial charge in [0.2, 0.25) is 5.91 Å². The lowest BCUT2D eigenvalue weighted by molar-refractivity contribution is -0.122. The molecule has 1 rings (SSSR count). The molecule has 5 nitrogen and oxygen atoms in total. The summed E-state index contributed by atoms with van der Waals surface area (Å²) in [4.78, 5) is 11.2. The molecular weight excluding hydrogens is 217 g/mol. The van der Waals surface area contributed by atoms with Gasteiger partial charge in [-0.05, 0) is 26.7 Å². The third-order valence-corrected chi connectivity index (χ3v) is 4.60. The van der Waals surface area contributed by atoms with Gasteiger partial charge in [0.1, 0.15) is 5.78 Å². The summed E-state index contributed by atoms with van der Waals surface area (Å²) in [7, 11) is -3.16. The Morgan fingerprint density at radius 1 is 1.40 bits per heavy atom. The number of carbonyl (C=O) groups is 1. The number of piperidine rings is 1. The molecule has 1 N–H and O–H groups in total. The smallest absolute Gasteiger partial charge is 0.342 e. The van der Waals surface area contributed by atoms with Gasteiger partial charge in [-0.2, -0.15) is 0 Å². The molecule has 0 aliphatic carbocycles. The molecule has 88 valence electrons. The first kappa shape index (κ1) is 12.7. The van der Waals surface area contributed by atoms with Crippen molar-refractivity contribution in [1.82, 2.24) is 5.32 Å². The highest BCUT2D eigenvalue weighted by Gasteiger charge is 2.38. The summed E-state index contributed by atoms with van der Waals surface area (Å²) in [5.41, 5.74) is 0. The molecule has 1 saturated heterocycles. The van der Waals surface area contributed by atoms with E-state index >= 15 is 0 Å². The Labute approximate surface area is 90.1 Å². The summed E-state index contributed by atoms with van der Waals surface area (Å²) in [6.07, 6.45) is 1.89. The van der Waals surface area contributed by atoms with E-state index in [9.17, 15) is 9.36 Å². The van der Waals surface area contributed by atoms with Crippen LogP contribution in [-0.2, 0) is 18.4 Å². The molecule has 1 unspecified atom stereocenters. The van der Waals surface area contributed by atoms with E-state index in [1.807, 2.05) is 0 Å². The van der Waals surface area contributed by atoms with Crippen molar-refractivity contribution >= 4 is 13.5 Å². The molecule has 0 aromatic rings. The topological polar surface area (TPSA) is 64.6 Å². The van der Waals surface area contributed by atoms with Gasteiger partial charge in [0, 0.05) is 6.42 Å². The summed E-state index contributed by atoms with van der Waals surface area (Å²) in [5.74, 6) is -0.551. The molecule has 1 atom stereocenters. The number of nitrogens with one attached hydrogen (secondary N) is 1. The predicted octanol–water partition coefficient (Wildman–Crippen LogP) is 1.88. The van der Waals surface area contributed by atoms with Crippen molar-refractivity contribution in [2.75, 3.05) is 13.2 Å². The molecule has 1 aliphatic heterocycles. The van der Waals surface area contributed by atoms with Crippen LogP contribution in [0.3, 0.4) is 0 Å². The molecule has 0 aromatic carbocycles. The lowest BCUT2D eigenvalue weighted by Gasteiger charge is -2.29. The van der Waals surface area contributed by atoms with Crippen LogP contribution in [0.25, 0.3) is 0 Å². The Morgan fingerprint density at radius 3 is 2.47 bits per heavy atom. The maximum atomic E-state index is 12.3. The first-order chi connectivity index (χ1) is 7.12. The fourth-order valence-electron chi connectivity index (χ4n) is 1.60. The van der Waals surface area contributed by atoms with Gasteiger partial charge in [0.05, 0.1) is 13.2 Å². The second-order valence-electron chi connectivity index (χ2n) is 3.35. The zero-order valence-electron chi connectivity index (χ0n) is 9.19. The van der Waals surface area contributed by atoms with Crippen molar-refractivity contribution in [2.24, 2.45) is 0 Å². The number of carbonyl (C=O) groups excluding carboxylic acids is 1. The van der Waals surface area contributed by atoms with Crippen molar-refractivity contribution in [2.45, 2.75) is 38.9 Å². The van der Waals surface area contributed by atoms with Crippen LogP contribution in [0.4, 0.5) is 0 Å². The number of hydrogen-bond acceptors (Lipinski definition) is 4. The van der Waals surface area contributed by atoms with E-state index in [1.165, 1.54) is 0 Å². The van der Waals surface area contributed by atoms with Gasteiger partial charge >= 0.3 is 7.60 Å². The zero-order valence-corrected chi connectivity index (χ0v) is 10.1. The molecule has 0 saturated carbocycles. The maximum Gasteiger partial charge on any atom is 0.352 e. The minimum Gasteiger partial charge on any atom is -0.342 e. The highest BCUT2D eigenvalue weighted by Crippen LogP contribution is 2.54. The molecule has 6 heteroatoms. The lowest BCUT2D eigenvalue weighted by Crippen LogP contribution is -2.39. The van der Waals surface area contributed by atoms with Crippen LogP contribution in [0, 0.1) is 0 Å². The molecule has 0 spiro atoms. The summed E-state index contributed by atoms with van der Waals surface area (Å²) in [6.45, 7) is 4.17. The minimum atomic E-state index is -3.16. The minimum absolute atomic E-state index is 0.0779. The summed E-state index contributed by atoms with van der Waals surface area (Å²) < 4.78 is 22.6. The molecule has 1 aliphatic rings. The molecule has 1 fully saturated rings. The first-order valence-corrected chi connectivity index (χ1v) is 6.91. The molecule has 15 heavy (non-hydrogen) atoms. The fourth-order valence-corrected chi connectivity index (χ4v) is 3.56. The van der Waals surface area contributed by atoms with Crippen LogP contribution in [0.5, 0.6) is 0 Å². The van der Waals surface area contributed by atoms with Gasteiger partial charge < -0.3 is 14.4 Å². The third-order valence-electron chi connectivity index (χ3n) is 2.21. The Bertz CT molecular complexity index is 259. The molecule has 1 amide bonds. The van der Waals surface area contributed by atoms with Crippen LogP contribution < -0.4 is 5.32 Å². The van der Waals surface area contributed by atoms with Gasteiger partial charge in [-0.1, -0.05) is 0 Å². The van der Waals surface area contributed by atoms with Crippen molar-refractivity contribution in [3.05, 3.63) is 0 Å². The zero-order chi connectivity index (χ0) is 11.3. The monoisotopic (exact) mass is 235 g/mol. The quantitative estimate of drug-likeness (QED) is 0.739. The summed E-state index contributed by atoms with van der Waals surface area (Å²) in [5, 5.41) is 2.67.